The molecule has 2 rings (SSSR count). The third-order valence-electron chi connectivity index (χ3n) is 2.82. The van der Waals surface area contributed by atoms with Crippen LogP contribution in [0.4, 0.5) is 4.39 Å². The highest BCUT2D eigenvalue weighted by Gasteiger charge is 2.25. The number of amides is 1. The van der Waals surface area contributed by atoms with Crippen molar-refractivity contribution in [2.45, 2.75) is 0 Å². The standard InChI is InChI=1S/C11H13BFNO4/c13-8-1-2-9(10(7-8)12(16)17)11(15)14-3-5-18-6-4-14/h1-2,7,16-17H,3-6H2. The quantitative estimate of drug-likeness (QED) is 0.662. The van der Waals surface area contributed by atoms with Crippen LogP contribution in [0.1, 0.15) is 10.4 Å². The van der Waals surface area contributed by atoms with E-state index < -0.39 is 12.9 Å². The van der Waals surface area contributed by atoms with Gasteiger partial charge in [-0.2, -0.15) is 0 Å². The lowest BCUT2D eigenvalue weighted by atomic mass is 9.76. The summed E-state index contributed by atoms with van der Waals surface area (Å²) in [5.41, 5.74) is -0.0141. The highest BCUT2D eigenvalue weighted by Crippen LogP contribution is 2.08. The first kappa shape index (κ1) is 13.0. The van der Waals surface area contributed by atoms with Crippen LogP contribution in [0, 0.1) is 5.82 Å². The van der Waals surface area contributed by atoms with Crippen LogP contribution in [-0.2, 0) is 4.74 Å². The van der Waals surface area contributed by atoms with Crippen LogP contribution in [0.3, 0.4) is 0 Å². The Kier molecular flexibility index (Phi) is 3.95. The van der Waals surface area contributed by atoms with E-state index in [0.29, 0.717) is 26.3 Å². The van der Waals surface area contributed by atoms with E-state index in [9.17, 15) is 9.18 Å². The van der Waals surface area contributed by atoms with Crippen molar-refractivity contribution in [2.75, 3.05) is 26.3 Å². The van der Waals surface area contributed by atoms with Crippen LogP contribution in [0.2, 0.25) is 0 Å². The van der Waals surface area contributed by atoms with Gasteiger partial charge < -0.3 is 19.7 Å². The summed E-state index contributed by atoms with van der Waals surface area (Å²) in [6.07, 6.45) is 0. The largest absolute Gasteiger partial charge is 0.489 e. The molecule has 1 heterocycles. The Hall–Kier alpha value is -1.44. The van der Waals surface area contributed by atoms with Crippen molar-refractivity contribution in [3.8, 4) is 0 Å². The van der Waals surface area contributed by atoms with Gasteiger partial charge in [0.05, 0.1) is 13.2 Å². The number of morpholine rings is 1. The first-order chi connectivity index (χ1) is 8.59. The van der Waals surface area contributed by atoms with E-state index in [1.807, 2.05) is 0 Å². The molecule has 1 fully saturated rings. The highest BCUT2D eigenvalue weighted by atomic mass is 19.1. The molecule has 0 aliphatic carbocycles. The van der Waals surface area contributed by atoms with Crippen molar-refractivity contribution >= 4 is 18.5 Å². The maximum absolute atomic E-state index is 13.0. The molecule has 2 N–H and O–H groups in total. The molecule has 1 amide bonds. The Morgan fingerprint density at radius 2 is 2.00 bits per heavy atom. The second kappa shape index (κ2) is 5.47. The van der Waals surface area contributed by atoms with E-state index in [2.05, 4.69) is 0 Å². The second-order valence-corrected chi connectivity index (χ2v) is 4.01. The minimum atomic E-state index is -1.87. The smallest absolute Gasteiger partial charge is 0.423 e. The van der Waals surface area contributed by atoms with Crippen molar-refractivity contribution in [1.29, 1.82) is 0 Å². The number of ether oxygens (including phenoxy) is 1. The molecule has 1 aromatic rings. The predicted octanol–water partition coefficient (Wildman–Crippen LogP) is -1.02. The summed E-state index contributed by atoms with van der Waals surface area (Å²) in [6.45, 7) is 1.78. The molecular weight excluding hydrogens is 240 g/mol. The molecule has 0 bridgehead atoms. The number of carbonyl (C=O) groups excluding carboxylic acids is 1. The van der Waals surface area contributed by atoms with E-state index >= 15 is 0 Å². The molecule has 7 heteroatoms. The lowest BCUT2D eigenvalue weighted by Crippen LogP contribution is -2.44. The third-order valence-corrected chi connectivity index (χ3v) is 2.82. The van der Waals surface area contributed by atoms with Gasteiger partial charge in [-0.3, -0.25) is 4.79 Å². The van der Waals surface area contributed by atoms with Crippen LogP contribution in [-0.4, -0.2) is 54.3 Å². The molecule has 18 heavy (non-hydrogen) atoms. The Labute approximate surface area is 104 Å². The topological polar surface area (TPSA) is 70.0 Å². The van der Waals surface area contributed by atoms with Crippen molar-refractivity contribution in [2.24, 2.45) is 0 Å². The Balaban J connectivity index is 2.28. The van der Waals surface area contributed by atoms with Gasteiger partial charge in [-0.25, -0.2) is 4.39 Å². The summed E-state index contributed by atoms with van der Waals surface area (Å²) < 4.78 is 18.2. The molecule has 0 saturated carbocycles. The summed E-state index contributed by atoms with van der Waals surface area (Å²) in [7, 11) is -1.87. The van der Waals surface area contributed by atoms with Gasteiger partial charge in [0.2, 0.25) is 0 Å². The van der Waals surface area contributed by atoms with E-state index in [1.54, 1.807) is 4.90 Å². The van der Waals surface area contributed by atoms with E-state index in [-0.39, 0.29) is 16.9 Å². The molecule has 96 valence electrons. The average molecular weight is 253 g/mol. The SMILES string of the molecule is O=C(c1ccc(F)cc1B(O)O)N1CCOCC1. The van der Waals surface area contributed by atoms with Crippen molar-refractivity contribution in [1.82, 2.24) is 4.90 Å². The normalized spacial score (nSPS) is 15.6. The van der Waals surface area contributed by atoms with Gasteiger partial charge in [-0.15, -0.1) is 0 Å². The van der Waals surface area contributed by atoms with Gasteiger partial charge in [-0.05, 0) is 23.7 Å². The van der Waals surface area contributed by atoms with Crippen LogP contribution < -0.4 is 5.46 Å². The molecule has 0 unspecified atom stereocenters. The van der Waals surface area contributed by atoms with Crippen LogP contribution in [0.15, 0.2) is 18.2 Å². The predicted molar refractivity (Wildman–Crippen MR) is 62.9 cm³/mol. The molecular formula is C11H13BFNO4. The van der Waals surface area contributed by atoms with Gasteiger partial charge in [-0.1, -0.05) is 0 Å². The number of carbonyl (C=O) groups is 1. The molecule has 1 aliphatic heterocycles. The lowest BCUT2D eigenvalue weighted by Gasteiger charge is -2.27. The van der Waals surface area contributed by atoms with Gasteiger partial charge in [0.15, 0.2) is 0 Å². The van der Waals surface area contributed by atoms with E-state index in [1.165, 1.54) is 6.07 Å². The first-order valence-corrected chi connectivity index (χ1v) is 5.62. The maximum atomic E-state index is 13.0. The van der Waals surface area contributed by atoms with Crippen LogP contribution >= 0.6 is 0 Å². The molecule has 1 aromatic carbocycles. The van der Waals surface area contributed by atoms with Crippen molar-refractivity contribution < 1.29 is 24.0 Å². The third kappa shape index (κ3) is 2.69. The Bertz CT molecular complexity index is 449. The zero-order valence-electron chi connectivity index (χ0n) is 9.67. The van der Waals surface area contributed by atoms with Gasteiger partial charge >= 0.3 is 7.12 Å². The minimum Gasteiger partial charge on any atom is -0.423 e. The molecule has 1 saturated heterocycles. The fourth-order valence-corrected chi connectivity index (χ4v) is 1.88. The molecule has 0 aromatic heterocycles. The summed E-state index contributed by atoms with van der Waals surface area (Å²) in [5.74, 6) is -0.960. The average Bonchev–Trinajstić information content (AvgIpc) is 2.39. The summed E-state index contributed by atoms with van der Waals surface area (Å²) >= 11 is 0. The van der Waals surface area contributed by atoms with Crippen LogP contribution in [0.25, 0.3) is 0 Å². The van der Waals surface area contributed by atoms with Gasteiger partial charge in [0, 0.05) is 18.7 Å². The maximum Gasteiger partial charge on any atom is 0.489 e. The van der Waals surface area contributed by atoms with E-state index in [4.69, 9.17) is 14.8 Å². The number of hydrogen-bond donors (Lipinski definition) is 2. The fourth-order valence-electron chi connectivity index (χ4n) is 1.88. The number of benzene rings is 1. The Morgan fingerprint density at radius 3 is 2.61 bits per heavy atom. The monoisotopic (exact) mass is 253 g/mol. The van der Waals surface area contributed by atoms with Gasteiger partial charge in [0.25, 0.3) is 5.91 Å². The fraction of sp³-hybridized carbons (Fsp3) is 0.364. The molecule has 1 aliphatic rings. The number of nitrogens with zero attached hydrogens (tertiary/aromatic N) is 1. The molecule has 0 radical (unpaired) electrons. The Morgan fingerprint density at radius 1 is 1.33 bits per heavy atom. The number of halogens is 1. The minimum absolute atomic E-state index is 0.105. The summed E-state index contributed by atoms with van der Waals surface area (Å²) in [5, 5.41) is 18.3. The lowest BCUT2D eigenvalue weighted by molar-refractivity contribution is 0.0303. The zero-order chi connectivity index (χ0) is 13.1. The highest BCUT2D eigenvalue weighted by molar-refractivity contribution is 6.60. The molecule has 0 spiro atoms. The second-order valence-electron chi connectivity index (χ2n) is 4.01. The van der Waals surface area contributed by atoms with Crippen molar-refractivity contribution in [3.05, 3.63) is 29.6 Å². The number of rotatable bonds is 2. The molecule has 5 nitrogen and oxygen atoms in total. The molecule has 0 atom stereocenters. The zero-order valence-corrected chi connectivity index (χ0v) is 9.67. The van der Waals surface area contributed by atoms with Crippen molar-refractivity contribution in [3.63, 3.8) is 0 Å². The summed E-state index contributed by atoms with van der Waals surface area (Å²) in [6, 6.07) is 3.35. The van der Waals surface area contributed by atoms with E-state index in [0.717, 1.165) is 12.1 Å². The first-order valence-electron chi connectivity index (χ1n) is 5.62. The van der Waals surface area contributed by atoms with Gasteiger partial charge in [0.1, 0.15) is 5.82 Å². The number of hydrogen-bond acceptors (Lipinski definition) is 4. The van der Waals surface area contributed by atoms with Crippen LogP contribution in [0.5, 0.6) is 0 Å². The summed E-state index contributed by atoms with van der Waals surface area (Å²) in [4.78, 5) is 13.7.